The summed E-state index contributed by atoms with van der Waals surface area (Å²) in [6.07, 6.45) is -2.61. The number of carboxylic acids is 1. The minimum absolute atomic E-state index is 0.161. The van der Waals surface area contributed by atoms with Crippen LogP contribution in [-0.2, 0) is 4.79 Å². The highest BCUT2D eigenvalue weighted by atomic mass is 19.4. The fourth-order valence-electron chi connectivity index (χ4n) is 2.85. The zero-order valence-corrected chi connectivity index (χ0v) is 9.46. The Hall–Kier alpha value is -0.780. The minimum atomic E-state index is -4.19. The average molecular weight is 251 g/mol. The molecular formula is C11H16F3NO2. The molecule has 0 bridgehead atoms. The van der Waals surface area contributed by atoms with Crippen molar-refractivity contribution in [3.63, 3.8) is 0 Å². The van der Waals surface area contributed by atoms with Gasteiger partial charge in [-0.3, -0.25) is 9.69 Å². The third-order valence-corrected chi connectivity index (χ3v) is 4.16. The van der Waals surface area contributed by atoms with Gasteiger partial charge in [0.05, 0.1) is 5.92 Å². The first-order valence-corrected chi connectivity index (χ1v) is 5.91. The lowest BCUT2D eigenvalue weighted by Crippen LogP contribution is -2.64. The Morgan fingerprint density at radius 2 is 1.76 bits per heavy atom. The van der Waals surface area contributed by atoms with Gasteiger partial charge >= 0.3 is 12.1 Å². The molecule has 6 heteroatoms. The largest absolute Gasteiger partial charge is 0.481 e. The SMILES string of the molecule is O=C(O)C1CCN(C2(C(F)(F)F)CCC2)CC1. The molecule has 0 amide bonds. The van der Waals surface area contributed by atoms with E-state index in [1.54, 1.807) is 0 Å². The van der Waals surface area contributed by atoms with Crippen molar-refractivity contribution in [3.05, 3.63) is 0 Å². The molecule has 2 fully saturated rings. The van der Waals surface area contributed by atoms with E-state index in [-0.39, 0.29) is 25.9 Å². The number of carboxylic acid groups (broad SMARTS) is 1. The fourth-order valence-corrected chi connectivity index (χ4v) is 2.85. The first kappa shape index (κ1) is 12.7. The van der Waals surface area contributed by atoms with Crippen molar-refractivity contribution in [2.75, 3.05) is 13.1 Å². The lowest BCUT2D eigenvalue weighted by Gasteiger charge is -2.52. The molecule has 0 aromatic carbocycles. The van der Waals surface area contributed by atoms with Gasteiger partial charge in [0.1, 0.15) is 5.54 Å². The third kappa shape index (κ3) is 2.03. The van der Waals surface area contributed by atoms with Crippen LogP contribution in [-0.4, -0.2) is 40.8 Å². The molecule has 3 nitrogen and oxygen atoms in total. The van der Waals surface area contributed by atoms with Crippen molar-refractivity contribution in [1.29, 1.82) is 0 Å². The van der Waals surface area contributed by atoms with Crippen LogP contribution in [0, 0.1) is 5.92 Å². The Kier molecular flexibility index (Phi) is 3.10. The van der Waals surface area contributed by atoms with Crippen LogP contribution < -0.4 is 0 Å². The van der Waals surface area contributed by atoms with Crippen LogP contribution >= 0.6 is 0 Å². The van der Waals surface area contributed by atoms with Crippen molar-refractivity contribution in [1.82, 2.24) is 4.90 Å². The van der Waals surface area contributed by atoms with Crippen LogP contribution in [0.1, 0.15) is 32.1 Å². The summed E-state index contributed by atoms with van der Waals surface area (Å²) in [5, 5.41) is 8.82. The second kappa shape index (κ2) is 4.15. The van der Waals surface area contributed by atoms with Crippen LogP contribution in [0.15, 0.2) is 0 Å². The maximum Gasteiger partial charge on any atom is 0.406 e. The van der Waals surface area contributed by atoms with Gasteiger partial charge in [0.15, 0.2) is 0 Å². The predicted molar refractivity (Wildman–Crippen MR) is 54.6 cm³/mol. The molecule has 2 aliphatic rings. The highest BCUT2D eigenvalue weighted by Gasteiger charge is 2.61. The molecule has 17 heavy (non-hydrogen) atoms. The highest BCUT2D eigenvalue weighted by Crippen LogP contribution is 2.50. The van der Waals surface area contributed by atoms with E-state index in [9.17, 15) is 18.0 Å². The summed E-state index contributed by atoms with van der Waals surface area (Å²) in [6.45, 7) is 0.493. The van der Waals surface area contributed by atoms with E-state index in [2.05, 4.69) is 0 Å². The lowest BCUT2D eigenvalue weighted by atomic mass is 9.73. The van der Waals surface area contributed by atoms with Crippen molar-refractivity contribution < 1.29 is 23.1 Å². The Bertz CT molecular complexity index is 304. The summed E-state index contributed by atoms with van der Waals surface area (Å²) in [6, 6.07) is 0. The van der Waals surface area contributed by atoms with E-state index >= 15 is 0 Å². The number of hydrogen-bond acceptors (Lipinski definition) is 2. The molecule has 0 aromatic heterocycles. The van der Waals surface area contributed by atoms with Gasteiger partial charge in [-0.2, -0.15) is 13.2 Å². The lowest BCUT2D eigenvalue weighted by molar-refractivity contribution is -0.261. The number of hydrogen-bond donors (Lipinski definition) is 1. The normalized spacial score (nSPS) is 26.5. The molecule has 0 unspecified atom stereocenters. The van der Waals surface area contributed by atoms with Crippen molar-refractivity contribution in [3.8, 4) is 0 Å². The summed E-state index contributed by atoms with van der Waals surface area (Å²) < 4.78 is 39.1. The van der Waals surface area contributed by atoms with Gasteiger partial charge in [-0.1, -0.05) is 0 Å². The molecule has 1 saturated carbocycles. The molecule has 1 aliphatic carbocycles. The summed E-state index contributed by atoms with van der Waals surface area (Å²) >= 11 is 0. The van der Waals surface area contributed by atoms with Gasteiger partial charge in [0.2, 0.25) is 0 Å². The Balaban J connectivity index is 2.02. The fraction of sp³-hybridized carbons (Fsp3) is 0.909. The van der Waals surface area contributed by atoms with Crippen LogP contribution in [0.4, 0.5) is 13.2 Å². The maximum absolute atomic E-state index is 13.0. The Morgan fingerprint density at radius 3 is 2.06 bits per heavy atom. The highest BCUT2D eigenvalue weighted by molar-refractivity contribution is 5.70. The quantitative estimate of drug-likeness (QED) is 0.818. The Morgan fingerprint density at radius 1 is 1.24 bits per heavy atom. The molecule has 2 rings (SSSR count). The summed E-state index contributed by atoms with van der Waals surface area (Å²) in [5.41, 5.74) is -1.66. The van der Waals surface area contributed by atoms with Crippen molar-refractivity contribution in [2.45, 2.75) is 43.8 Å². The van der Waals surface area contributed by atoms with Gasteiger partial charge < -0.3 is 5.11 Å². The number of alkyl halides is 3. The number of rotatable bonds is 2. The van der Waals surface area contributed by atoms with Gasteiger partial charge in [0, 0.05) is 0 Å². The maximum atomic E-state index is 13.0. The molecule has 1 aliphatic heterocycles. The molecule has 98 valence electrons. The van der Waals surface area contributed by atoms with Crippen LogP contribution in [0.5, 0.6) is 0 Å². The van der Waals surface area contributed by atoms with E-state index < -0.39 is 23.6 Å². The smallest absolute Gasteiger partial charge is 0.406 e. The van der Waals surface area contributed by atoms with Gasteiger partial charge in [-0.25, -0.2) is 0 Å². The molecular weight excluding hydrogens is 235 g/mol. The predicted octanol–water partition coefficient (Wildman–Crippen LogP) is 2.27. The monoisotopic (exact) mass is 251 g/mol. The minimum Gasteiger partial charge on any atom is -0.481 e. The number of aliphatic carboxylic acids is 1. The second-order valence-electron chi connectivity index (χ2n) is 4.98. The number of halogens is 3. The summed E-state index contributed by atoms with van der Waals surface area (Å²) in [4.78, 5) is 12.2. The Labute approximate surface area is 97.6 Å². The molecule has 0 spiro atoms. The van der Waals surface area contributed by atoms with E-state index in [0.717, 1.165) is 0 Å². The van der Waals surface area contributed by atoms with Crippen molar-refractivity contribution >= 4 is 5.97 Å². The zero-order valence-electron chi connectivity index (χ0n) is 9.46. The molecule has 1 N–H and O–H groups in total. The van der Waals surface area contributed by atoms with Crippen LogP contribution in [0.25, 0.3) is 0 Å². The topological polar surface area (TPSA) is 40.5 Å². The van der Waals surface area contributed by atoms with Crippen LogP contribution in [0.3, 0.4) is 0 Å². The van der Waals surface area contributed by atoms with Gasteiger partial charge in [-0.15, -0.1) is 0 Å². The molecule has 0 atom stereocenters. The van der Waals surface area contributed by atoms with E-state index in [0.29, 0.717) is 19.3 Å². The van der Waals surface area contributed by atoms with Gasteiger partial charge in [0.25, 0.3) is 0 Å². The first-order chi connectivity index (χ1) is 7.87. The second-order valence-corrected chi connectivity index (χ2v) is 4.98. The summed E-state index contributed by atoms with van der Waals surface area (Å²) in [7, 11) is 0. The van der Waals surface area contributed by atoms with Gasteiger partial charge in [-0.05, 0) is 45.2 Å². The number of piperidine rings is 1. The van der Waals surface area contributed by atoms with E-state index in [4.69, 9.17) is 5.11 Å². The van der Waals surface area contributed by atoms with Crippen molar-refractivity contribution in [2.24, 2.45) is 5.92 Å². The zero-order chi connectivity index (χ0) is 12.7. The molecule has 1 saturated heterocycles. The standard InChI is InChI=1S/C11H16F3NO2/c12-11(13,14)10(4-1-5-10)15-6-2-8(3-7-15)9(16)17/h8H,1-7H2,(H,16,17). The third-order valence-electron chi connectivity index (χ3n) is 4.16. The van der Waals surface area contributed by atoms with E-state index in [1.807, 2.05) is 0 Å². The number of carbonyl (C=O) groups is 1. The summed E-state index contributed by atoms with van der Waals surface area (Å²) in [5.74, 6) is -1.36. The average Bonchev–Trinajstić information content (AvgIpc) is 2.14. The number of nitrogens with zero attached hydrogens (tertiary/aromatic N) is 1. The first-order valence-electron chi connectivity index (χ1n) is 5.91. The molecule has 0 aromatic rings. The molecule has 0 radical (unpaired) electrons. The van der Waals surface area contributed by atoms with E-state index in [1.165, 1.54) is 4.90 Å². The molecule has 1 heterocycles. The number of likely N-dealkylation sites (tertiary alicyclic amines) is 1. The van der Waals surface area contributed by atoms with Crippen LogP contribution in [0.2, 0.25) is 0 Å².